The average molecular weight is 415 g/mol. The van der Waals surface area contributed by atoms with E-state index < -0.39 is 42.5 Å². The molecular formula is C22H38O7. The zero-order valence-electron chi connectivity index (χ0n) is 19.0. The van der Waals surface area contributed by atoms with Gasteiger partial charge in [-0.3, -0.25) is 14.4 Å². The fraction of sp³-hybridized carbons (Fsp3) is 0.864. The van der Waals surface area contributed by atoms with Gasteiger partial charge in [0.1, 0.15) is 6.10 Å². The highest BCUT2D eigenvalue weighted by atomic mass is 16.6. The molecule has 5 unspecified atom stereocenters. The molecule has 29 heavy (non-hydrogen) atoms. The summed E-state index contributed by atoms with van der Waals surface area (Å²) in [5, 5.41) is 0. The molecule has 0 bridgehead atoms. The van der Waals surface area contributed by atoms with E-state index in [1.54, 1.807) is 6.92 Å². The minimum Gasteiger partial charge on any atom is -0.455 e. The zero-order valence-corrected chi connectivity index (χ0v) is 19.0. The van der Waals surface area contributed by atoms with Crippen molar-refractivity contribution in [2.24, 2.45) is 5.41 Å². The van der Waals surface area contributed by atoms with Crippen molar-refractivity contribution < 1.29 is 33.3 Å². The summed E-state index contributed by atoms with van der Waals surface area (Å²) in [6.45, 7) is 13.3. The molecule has 1 rings (SSSR count). The first-order valence-electron chi connectivity index (χ1n) is 10.8. The van der Waals surface area contributed by atoms with Crippen LogP contribution >= 0.6 is 0 Å². The quantitative estimate of drug-likeness (QED) is 0.417. The lowest BCUT2D eigenvalue weighted by Gasteiger charge is -2.48. The minimum absolute atomic E-state index is 0.233. The topological polar surface area (TPSA) is 88.1 Å². The maximum atomic E-state index is 12.3. The van der Waals surface area contributed by atoms with Crippen molar-refractivity contribution in [3.8, 4) is 0 Å². The van der Waals surface area contributed by atoms with E-state index in [0.29, 0.717) is 19.3 Å². The van der Waals surface area contributed by atoms with Crippen LogP contribution in [0.3, 0.4) is 0 Å². The first-order chi connectivity index (χ1) is 13.5. The summed E-state index contributed by atoms with van der Waals surface area (Å²) in [5.41, 5.74) is -0.390. The fourth-order valence-corrected chi connectivity index (χ4v) is 3.38. The van der Waals surface area contributed by atoms with Crippen molar-refractivity contribution >= 4 is 17.9 Å². The number of hydrogen-bond acceptors (Lipinski definition) is 7. The van der Waals surface area contributed by atoms with E-state index in [9.17, 15) is 14.4 Å². The lowest BCUT2D eigenvalue weighted by atomic mass is 9.80. The highest BCUT2D eigenvalue weighted by Gasteiger charge is 2.53. The highest BCUT2D eigenvalue weighted by Crippen LogP contribution is 2.37. The van der Waals surface area contributed by atoms with E-state index in [1.807, 2.05) is 41.5 Å². The van der Waals surface area contributed by atoms with Crippen LogP contribution in [0.5, 0.6) is 0 Å². The van der Waals surface area contributed by atoms with Crippen LogP contribution in [-0.4, -0.2) is 48.4 Å². The van der Waals surface area contributed by atoms with Gasteiger partial charge in [0, 0.05) is 19.3 Å². The Bertz CT molecular complexity index is 552. The van der Waals surface area contributed by atoms with Crippen molar-refractivity contribution in [1.82, 2.24) is 0 Å². The number of esters is 3. The number of ether oxygens (including phenoxy) is 4. The average Bonchev–Trinajstić information content (AvgIpc) is 2.59. The summed E-state index contributed by atoms with van der Waals surface area (Å²) < 4.78 is 23.3. The lowest BCUT2D eigenvalue weighted by molar-refractivity contribution is -0.260. The zero-order chi connectivity index (χ0) is 22.2. The van der Waals surface area contributed by atoms with E-state index in [4.69, 9.17) is 18.9 Å². The van der Waals surface area contributed by atoms with Crippen LogP contribution in [0, 0.1) is 5.41 Å². The van der Waals surface area contributed by atoms with Gasteiger partial charge in [-0.1, -0.05) is 41.5 Å². The molecule has 0 amide bonds. The summed E-state index contributed by atoms with van der Waals surface area (Å²) in [4.78, 5) is 36.9. The summed E-state index contributed by atoms with van der Waals surface area (Å²) in [6.07, 6.45) is -1.00. The molecule has 0 aliphatic carbocycles. The molecule has 0 saturated carbocycles. The molecule has 1 saturated heterocycles. The Balaban J connectivity index is 3.27. The molecule has 0 spiro atoms. The van der Waals surface area contributed by atoms with E-state index in [2.05, 4.69) is 0 Å². The number of hydrogen-bond donors (Lipinski definition) is 0. The molecule has 5 atom stereocenters. The third kappa shape index (κ3) is 7.61. The van der Waals surface area contributed by atoms with Gasteiger partial charge in [0.05, 0.1) is 6.10 Å². The number of carbonyl (C=O) groups is 3. The van der Waals surface area contributed by atoms with Crippen LogP contribution < -0.4 is 0 Å². The van der Waals surface area contributed by atoms with Crippen molar-refractivity contribution in [1.29, 1.82) is 0 Å². The lowest BCUT2D eigenvalue weighted by Crippen LogP contribution is -2.63. The highest BCUT2D eigenvalue weighted by molar-refractivity contribution is 5.71. The number of carbonyl (C=O) groups excluding carboxylic acids is 3. The molecule has 7 nitrogen and oxygen atoms in total. The minimum atomic E-state index is -0.913. The van der Waals surface area contributed by atoms with E-state index >= 15 is 0 Å². The monoisotopic (exact) mass is 414 g/mol. The summed E-state index contributed by atoms with van der Waals surface area (Å²) in [6, 6.07) is 0. The van der Waals surface area contributed by atoms with Gasteiger partial charge in [-0.25, -0.2) is 0 Å². The van der Waals surface area contributed by atoms with Gasteiger partial charge < -0.3 is 18.9 Å². The van der Waals surface area contributed by atoms with Crippen LogP contribution in [0.25, 0.3) is 0 Å². The SMILES string of the molecule is CCCC(=O)OC1C(C)OC(C(C)(C)C)C(OC(=O)CCC)C1OC(=O)CCC. The van der Waals surface area contributed by atoms with Gasteiger partial charge in [-0.05, 0) is 31.6 Å². The van der Waals surface area contributed by atoms with Gasteiger partial charge in [0.25, 0.3) is 0 Å². The van der Waals surface area contributed by atoms with Crippen LogP contribution in [0.15, 0.2) is 0 Å². The predicted octanol–water partition coefficient (Wildman–Crippen LogP) is 3.96. The van der Waals surface area contributed by atoms with Crippen molar-refractivity contribution in [3.05, 3.63) is 0 Å². The largest absolute Gasteiger partial charge is 0.455 e. The maximum absolute atomic E-state index is 12.3. The molecule has 1 aliphatic heterocycles. The van der Waals surface area contributed by atoms with Crippen LogP contribution in [-0.2, 0) is 33.3 Å². The van der Waals surface area contributed by atoms with Crippen molar-refractivity contribution in [3.63, 3.8) is 0 Å². The Morgan fingerprint density at radius 3 is 1.48 bits per heavy atom. The molecule has 0 aromatic rings. The molecule has 0 aromatic heterocycles. The van der Waals surface area contributed by atoms with E-state index in [0.717, 1.165) is 0 Å². The second-order valence-electron chi connectivity index (χ2n) is 8.74. The fourth-order valence-electron chi connectivity index (χ4n) is 3.38. The molecular weight excluding hydrogens is 376 g/mol. The van der Waals surface area contributed by atoms with Crippen molar-refractivity contribution in [2.45, 2.75) is 118 Å². The molecule has 1 aliphatic rings. The molecule has 1 heterocycles. The summed E-state index contributed by atoms with van der Waals surface area (Å²) >= 11 is 0. The Kier molecular flexibility index (Phi) is 10.1. The Labute approximate surface area is 174 Å². The first-order valence-corrected chi connectivity index (χ1v) is 10.8. The Hall–Kier alpha value is -1.63. The smallest absolute Gasteiger partial charge is 0.306 e. The normalized spacial score (nSPS) is 27.2. The third-order valence-electron chi connectivity index (χ3n) is 4.79. The van der Waals surface area contributed by atoms with E-state index in [-0.39, 0.29) is 30.6 Å². The molecule has 0 N–H and O–H groups in total. The van der Waals surface area contributed by atoms with Crippen LogP contribution in [0.1, 0.15) is 87.0 Å². The predicted molar refractivity (Wildman–Crippen MR) is 108 cm³/mol. The van der Waals surface area contributed by atoms with E-state index in [1.165, 1.54) is 0 Å². The van der Waals surface area contributed by atoms with Gasteiger partial charge in [-0.15, -0.1) is 0 Å². The molecule has 7 heteroatoms. The molecule has 0 aromatic carbocycles. The van der Waals surface area contributed by atoms with Crippen LogP contribution in [0.2, 0.25) is 0 Å². The second-order valence-corrected chi connectivity index (χ2v) is 8.74. The molecule has 0 radical (unpaired) electrons. The van der Waals surface area contributed by atoms with Gasteiger partial charge in [0.15, 0.2) is 18.3 Å². The van der Waals surface area contributed by atoms with Crippen LogP contribution in [0.4, 0.5) is 0 Å². The molecule has 168 valence electrons. The number of rotatable bonds is 9. The second kappa shape index (κ2) is 11.5. The first kappa shape index (κ1) is 25.4. The van der Waals surface area contributed by atoms with Gasteiger partial charge in [0.2, 0.25) is 0 Å². The van der Waals surface area contributed by atoms with Gasteiger partial charge >= 0.3 is 17.9 Å². The third-order valence-corrected chi connectivity index (χ3v) is 4.79. The molecule has 1 fully saturated rings. The Morgan fingerprint density at radius 2 is 1.10 bits per heavy atom. The Morgan fingerprint density at radius 1 is 0.724 bits per heavy atom. The summed E-state index contributed by atoms with van der Waals surface area (Å²) in [7, 11) is 0. The van der Waals surface area contributed by atoms with Gasteiger partial charge in [-0.2, -0.15) is 0 Å². The van der Waals surface area contributed by atoms with Crippen molar-refractivity contribution in [2.75, 3.05) is 0 Å². The standard InChI is InChI=1S/C22H38O7/c1-8-11-15(23)27-18-14(4)26-21(22(5,6)7)20(29-17(25)13-10-3)19(18)28-16(24)12-9-2/h14,18-21H,8-13H2,1-7H3. The summed E-state index contributed by atoms with van der Waals surface area (Å²) in [5.74, 6) is -1.19. The maximum Gasteiger partial charge on any atom is 0.306 e.